The zero-order valence-corrected chi connectivity index (χ0v) is 12.8. The van der Waals surface area contributed by atoms with E-state index < -0.39 is 10.0 Å². The number of thiazole rings is 1. The second-order valence-corrected chi connectivity index (χ2v) is 7.21. The van der Waals surface area contributed by atoms with Gasteiger partial charge in [0.2, 0.25) is 10.0 Å². The summed E-state index contributed by atoms with van der Waals surface area (Å²) in [6.07, 6.45) is 2.24. The predicted molar refractivity (Wildman–Crippen MR) is 77.5 cm³/mol. The summed E-state index contributed by atoms with van der Waals surface area (Å²) in [6.45, 7) is 0.288. The van der Waals surface area contributed by atoms with Gasteiger partial charge in [-0.25, -0.2) is 18.1 Å². The molecule has 1 heterocycles. The van der Waals surface area contributed by atoms with Gasteiger partial charge in [0.1, 0.15) is 0 Å². The number of aromatic nitrogens is 1. The highest BCUT2D eigenvalue weighted by Gasteiger charge is 2.15. The molecule has 1 N–H and O–H groups in total. The number of nitrogens with zero attached hydrogens (tertiary/aromatic N) is 1. The quantitative estimate of drug-likeness (QED) is 0.913. The van der Waals surface area contributed by atoms with Crippen LogP contribution in [0.25, 0.3) is 0 Å². The first-order chi connectivity index (χ1) is 8.99. The molecule has 0 bridgehead atoms. The summed E-state index contributed by atoms with van der Waals surface area (Å²) >= 11 is 13.0. The topological polar surface area (TPSA) is 59.1 Å². The molecule has 0 atom stereocenters. The van der Waals surface area contributed by atoms with Crippen molar-refractivity contribution < 1.29 is 8.42 Å². The summed E-state index contributed by atoms with van der Waals surface area (Å²) in [4.78, 5) is 4.18. The van der Waals surface area contributed by atoms with Gasteiger partial charge in [-0.2, -0.15) is 0 Å². The summed E-state index contributed by atoms with van der Waals surface area (Å²) in [7, 11) is -3.57. The lowest BCUT2D eigenvalue weighted by Gasteiger charge is -2.06. The number of sulfonamides is 1. The van der Waals surface area contributed by atoms with E-state index in [2.05, 4.69) is 9.71 Å². The Balaban J connectivity index is 2.03. The molecular weight excluding hydrogens is 327 g/mol. The van der Waals surface area contributed by atoms with Crippen LogP contribution in [0.1, 0.15) is 5.01 Å². The van der Waals surface area contributed by atoms with Crippen molar-refractivity contribution in [1.82, 2.24) is 9.71 Å². The Hall–Kier alpha value is -0.660. The Kier molecular flexibility index (Phi) is 4.81. The smallest absolute Gasteiger partial charge is 0.240 e. The van der Waals surface area contributed by atoms with Crippen LogP contribution in [0.5, 0.6) is 0 Å². The largest absolute Gasteiger partial charge is 0.250 e. The molecule has 102 valence electrons. The van der Waals surface area contributed by atoms with E-state index in [1.54, 1.807) is 6.20 Å². The van der Waals surface area contributed by atoms with Crippen molar-refractivity contribution in [2.75, 3.05) is 6.54 Å². The van der Waals surface area contributed by atoms with Gasteiger partial charge >= 0.3 is 0 Å². The van der Waals surface area contributed by atoms with Crippen LogP contribution < -0.4 is 4.72 Å². The van der Waals surface area contributed by atoms with Crippen LogP contribution in [-0.4, -0.2) is 19.9 Å². The summed E-state index contributed by atoms with van der Waals surface area (Å²) in [5, 5.41) is 3.27. The Labute approximate surface area is 125 Å². The molecule has 0 aliphatic carbocycles. The number of benzene rings is 1. The van der Waals surface area contributed by atoms with Gasteiger partial charge in [-0.05, 0) is 18.2 Å². The molecule has 0 unspecified atom stereocenters. The predicted octanol–water partition coefficient (Wildman–Crippen LogP) is 2.97. The summed E-state index contributed by atoms with van der Waals surface area (Å²) in [5.41, 5.74) is 0. The molecule has 1 aromatic carbocycles. The minimum Gasteiger partial charge on any atom is -0.250 e. The van der Waals surface area contributed by atoms with Crippen LogP contribution in [0.3, 0.4) is 0 Å². The third-order valence-electron chi connectivity index (χ3n) is 2.32. The Morgan fingerprint density at radius 3 is 2.68 bits per heavy atom. The number of halogens is 2. The van der Waals surface area contributed by atoms with Crippen LogP contribution in [0.2, 0.25) is 10.0 Å². The lowest BCUT2D eigenvalue weighted by atomic mass is 10.4. The highest BCUT2D eigenvalue weighted by atomic mass is 35.5. The molecule has 0 aliphatic rings. The lowest BCUT2D eigenvalue weighted by Crippen LogP contribution is -2.25. The van der Waals surface area contributed by atoms with E-state index in [0.717, 1.165) is 5.01 Å². The standard InChI is InChI=1S/C11H10Cl2N2O2S2/c12-9-2-1-8(7-10(9)13)19(16,17)15-4-3-11-14-5-6-18-11/h1-2,5-7,15H,3-4H2. The monoisotopic (exact) mass is 336 g/mol. The Bertz CT molecular complexity index is 657. The molecule has 0 amide bonds. The Morgan fingerprint density at radius 2 is 2.05 bits per heavy atom. The molecule has 19 heavy (non-hydrogen) atoms. The summed E-state index contributed by atoms with van der Waals surface area (Å²) in [5.74, 6) is 0. The molecule has 0 saturated heterocycles. The van der Waals surface area contributed by atoms with Gasteiger partial charge in [0.15, 0.2) is 0 Å². The van der Waals surface area contributed by atoms with Crippen LogP contribution in [0, 0.1) is 0 Å². The average Bonchev–Trinajstić information content (AvgIpc) is 2.85. The molecule has 4 nitrogen and oxygen atoms in total. The highest BCUT2D eigenvalue weighted by Crippen LogP contribution is 2.24. The fourth-order valence-electron chi connectivity index (χ4n) is 1.40. The first-order valence-corrected chi connectivity index (χ1v) is 8.44. The molecular formula is C11H10Cl2N2O2S2. The average molecular weight is 337 g/mol. The van der Waals surface area contributed by atoms with Crippen molar-refractivity contribution in [3.63, 3.8) is 0 Å². The summed E-state index contributed by atoms with van der Waals surface area (Å²) in [6, 6.07) is 4.20. The van der Waals surface area contributed by atoms with Gasteiger partial charge in [0.25, 0.3) is 0 Å². The Morgan fingerprint density at radius 1 is 1.26 bits per heavy atom. The second kappa shape index (κ2) is 6.19. The van der Waals surface area contributed by atoms with E-state index in [9.17, 15) is 8.42 Å². The van der Waals surface area contributed by atoms with Gasteiger partial charge in [0.05, 0.1) is 19.9 Å². The zero-order valence-electron chi connectivity index (χ0n) is 9.64. The fourth-order valence-corrected chi connectivity index (χ4v) is 3.44. The molecule has 0 fully saturated rings. The molecule has 0 radical (unpaired) electrons. The van der Waals surface area contributed by atoms with E-state index >= 15 is 0 Å². The molecule has 2 rings (SSSR count). The zero-order chi connectivity index (χ0) is 13.9. The number of rotatable bonds is 5. The lowest BCUT2D eigenvalue weighted by molar-refractivity contribution is 0.581. The van der Waals surface area contributed by atoms with E-state index in [4.69, 9.17) is 23.2 Å². The first kappa shape index (κ1) is 14.7. The van der Waals surface area contributed by atoms with E-state index in [-0.39, 0.29) is 16.5 Å². The molecule has 0 saturated carbocycles. The molecule has 8 heteroatoms. The van der Waals surface area contributed by atoms with Crippen LogP contribution >= 0.6 is 34.5 Å². The maximum atomic E-state index is 12.0. The molecule has 0 aliphatic heterocycles. The van der Waals surface area contributed by atoms with Crippen LogP contribution in [-0.2, 0) is 16.4 Å². The third kappa shape index (κ3) is 3.90. The van der Waals surface area contributed by atoms with Gasteiger partial charge in [0, 0.05) is 24.5 Å². The van der Waals surface area contributed by atoms with Crippen LogP contribution in [0.15, 0.2) is 34.7 Å². The van der Waals surface area contributed by atoms with Gasteiger partial charge in [-0.3, -0.25) is 0 Å². The molecule has 0 spiro atoms. The fraction of sp³-hybridized carbons (Fsp3) is 0.182. The number of hydrogen-bond acceptors (Lipinski definition) is 4. The van der Waals surface area contributed by atoms with Crippen molar-refractivity contribution in [3.8, 4) is 0 Å². The second-order valence-electron chi connectivity index (χ2n) is 3.65. The van der Waals surface area contributed by atoms with Crippen molar-refractivity contribution in [2.24, 2.45) is 0 Å². The van der Waals surface area contributed by atoms with Crippen molar-refractivity contribution in [3.05, 3.63) is 44.8 Å². The number of hydrogen-bond donors (Lipinski definition) is 1. The molecule has 2 aromatic rings. The SMILES string of the molecule is O=S(=O)(NCCc1nccs1)c1ccc(Cl)c(Cl)c1. The van der Waals surface area contributed by atoms with E-state index in [0.29, 0.717) is 11.4 Å². The maximum absolute atomic E-state index is 12.0. The third-order valence-corrected chi connectivity index (χ3v) is 5.35. The van der Waals surface area contributed by atoms with E-state index in [1.807, 2.05) is 5.38 Å². The van der Waals surface area contributed by atoms with Gasteiger partial charge in [-0.1, -0.05) is 23.2 Å². The maximum Gasteiger partial charge on any atom is 0.240 e. The van der Waals surface area contributed by atoms with E-state index in [1.165, 1.54) is 29.5 Å². The van der Waals surface area contributed by atoms with Crippen molar-refractivity contribution in [1.29, 1.82) is 0 Å². The minimum absolute atomic E-state index is 0.0982. The van der Waals surface area contributed by atoms with Gasteiger partial charge in [-0.15, -0.1) is 11.3 Å². The van der Waals surface area contributed by atoms with Crippen molar-refractivity contribution in [2.45, 2.75) is 11.3 Å². The normalized spacial score (nSPS) is 11.7. The molecule has 1 aromatic heterocycles. The van der Waals surface area contributed by atoms with Crippen LogP contribution in [0.4, 0.5) is 0 Å². The first-order valence-electron chi connectivity index (χ1n) is 5.32. The van der Waals surface area contributed by atoms with Crippen molar-refractivity contribution >= 4 is 44.6 Å². The minimum atomic E-state index is -3.57. The highest BCUT2D eigenvalue weighted by molar-refractivity contribution is 7.89. The van der Waals surface area contributed by atoms with Gasteiger partial charge < -0.3 is 0 Å². The summed E-state index contributed by atoms with van der Waals surface area (Å²) < 4.78 is 26.5. The number of nitrogens with one attached hydrogen (secondary N) is 1.